The Morgan fingerprint density at radius 1 is 1.52 bits per heavy atom. The number of nitrogens with zero attached hydrogens (tertiary/aromatic N) is 1. The second-order valence-electron chi connectivity index (χ2n) is 6.04. The van der Waals surface area contributed by atoms with Crippen LogP contribution in [0, 0.1) is 0 Å². The van der Waals surface area contributed by atoms with Crippen molar-refractivity contribution < 1.29 is 9.53 Å². The molecule has 1 aliphatic carbocycles. The van der Waals surface area contributed by atoms with E-state index >= 15 is 0 Å². The van der Waals surface area contributed by atoms with Gasteiger partial charge in [-0.3, -0.25) is 4.79 Å². The van der Waals surface area contributed by atoms with E-state index in [4.69, 9.17) is 27.1 Å². The highest BCUT2D eigenvalue weighted by Gasteiger charge is 2.52. The lowest BCUT2D eigenvalue weighted by Crippen LogP contribution is -2.54. The predicted molar refractivity (Wildman–Crippen MR) is 95.3 cm³/mol. The van der Waals surface area contributed by atoms with E-state index in [2.05, 4.69) is 0 Å². The number of hydrogen-bond acceptors (Lipinski definition) is 5. The monoisotopic (exact) mass is 352 g/mol. The van der Waals surface area contributed by atoms with E-state index in [0.29, 0.717) is 17.3 Å². The first-order valence-electron chi connectivity index (χ1n) is 7.89. The van der Waals surface area contributed by atoms with Crippen molar-refractivity contribution in [2.45, 2.75) is 43.4 Å². The lowest BCUT2D eigenvalue weighted by Gasteiger charge is -2.42. The summed E-state index contributed by atoms with van der Waals surface area (Å²) in [5, 5.41) is 0.573. The van der Waals surface area contributed by atoms with E-state index in [-0.39, 0.29) is 11.8 Å². The Kier molecular flexibility index (Phi) is 4.99. The van der Waals surface area contributed by atoms with Gasteiger partial charge in [0.05, 0.1) is 6.04 Å². The maximum atomic E-state index is 12.9. The molecule has 1 unspecified atom stereocenters. The number of rotatable bonds is 5. The van der Waals surface area contributed by atoms with Gasteiger partial charge in [0.2, 0.25) is 11.7 Å². The van der Waals surface area contributed by atoms with E-state index in [1.165, 1.54) is 0 Å². The lowest BCUT2D eigenvalue weighted by atomic mass is 9.73. The Hall–Kier alpha value is -1.04. The largest absolute Gasteiger partial charge is 0.468 e. The zero-order valence-electron chi connectivity index (χ0n) is 13.1. The zero-order chi connectivity index (χ0) is 16.4. The van der Waals surface area contributed by atoms with Crippen LogP contribution < -0.4 is 5.73 Å². The highest BCUT2D eigenvalue weighted by Crippen LogP contribution is 2.44. The Morgan fingerprint density at radius 2 is 2.30 bits per heavy atom. The van der Waals surface area contributed by atoms with Gasteiger partial charge in [-0.1, -0.05) is 29.8 Å². The minimum atomic E-state index is -0.925. The molecule has 0 spiro atoms. The molecular formula is C17H21ClN2O2S. The smallest absolute Gasteiger partial charge is 0.205 e. The highest BCUT2D eigenvalue weighted by atomic mass is 35.5. The van der Waals surface area contributed by atoms with E-state index in [9.17, 15) is 4.79 Å². The molecule has 0 amide bonds. The van der Waals surface area contributed by atoms with Crippen LogP contribution in [0.15, 0.2) is 29.3 Å². The number of halogens is 1. The second kappa shape index (κ2) is 6.83. The molecule has 1 aromatic rings. The first kappa shape index (κ1) is 16.8. The van der Waals surface area contributed by atoms with Crippen molar-refractivity contribution >= 4 is 35.0 Å². The van der Waals surface area contributed by atoms with Gasteiger partial charge in [-0.05, 0) is 43.8 Å². The number of fused-ring (bicyclic) bond motifs is 2. The molecule has 3 atom stereocenters. The topological polar surface area (TPSA) is 64.7 Å². The third kappa shape index (κ3) is 3.02. The molecule has 1 fully saturated rings. The van der Waals surface area contributed by atoms with Crippen LogP contribution in [0.25, 0.3) is 0 Å². The zero-order valence-corrected chi connectivity index (χ0v) is 14.7. The molecule has 0 saturated heterocycles. The molecule has 1 aliphatic heterocycles. The van der Waals surface area contributed by atoms with Crippen LogP contribution in [-0.4, -0.2) is 35.8 Å². The number of nitrogens with two attached hydrogens (primary N) is 1. The molecule has 23 heavy (non-hydrogen) atoms. The van der Waals surface area contributed by atoms with Crippen LogP contribution >= 0.6 is 23.4 Å². The Morgan fingerprint density at radius 3 is 3.04 bits per heavy atom. The van der Waals surface area contributed by atoms with Crippen molar-refractivity contribution in [1.82, 2.24) is 0 Å². The van der Waals surface area contributed by atoms with Crippen molar-refractivity contribution in [1.29, 1.82) is 0 Å². The number of thioether (sulfide) groups is 1. The average molecular weight is 353 g/mol. The van der Waals surface area contributed by atoms with Crippen molar-refractivity contribution in [3.63, 3.8) is 0 Å². The Balaban J connectivity index is 2.04. The second-order valence-corrected chi connectivity index (χ2v) is 7.43. The van der Waals surface area contributed by atoms with Gasteiger partial charge in [0.25, 0.3) is 0 Å². The summed E-state index contributed by atoms with van der Waals surface area (Å²) in [7, 11) is 0. The minimum absolute atomic E-state index is 0.0117. The van der Waals surface area contributed by atoms with Crippen molar-refractivity contribution in [2.24, 2.45) is 10.7 Å². The first-order valence-corrected chi connectivity index (χ1v) is 9.66. The number of ether oxygens (including phenoxy) is 1. The number of benzene rings is 1. The molecule has 2 aliphatic rings. The molecule has 2 bridgehead atoms. The SMILES string of the molecule is CSCC[C@H](N)C1=NC2(c3ccccc3Cl)CCC[C@H](O1)C2=O. The molecule has 4 nitrogen and oxygen atoms in total. The number of carbonyl (C=O) groups is 1. The van der Waals surface area contributed by atoms with Crippen LogP contribution in [0.3, 0.4) is 0 Å². The van der Waals surface area contributed by atoms with E-state index < -0.39 is 11.6 Å². The maximum Gasteiger partial charge on any atom is 0.205 e. The fraction of sp³-hybridized carbons (Fsp3) is 0.529. The number of hydrogen-bond donors (Lipinski definition) is 1. The van der Waals surface area contributed by atoms with Crippen LogP contribution in [0.2, 0.25) is 5.02 Å². The van der Waals surface area contributed by atoms with Gasteiger partial charge < -0.3 is 10.5 Å². The summed E-state index contributed by atoms with van der Waals surface area (Å²) in [6.45, 7) is 0. The molecule has 1 aromatic carbocycles. The van der Waals surface area contributed by atoms with Crippen LogP contribution in [0.5, 0.6) is 0 Å². The van der Waals surface area contributed by atoms with Gasteiger partial charge in [-0.15, -0.1) is 0 Å². The molecule has 1 heterocycles. The van der Waals surface area contributed by atoms with E-state index in [1.807, 2.05) is 24.5 Å². The van der Waals surface area contributed by atoms with Crippen LogP contribution in [-0.2, 0) is 15.1 Å². The summed E-state index contributed by atoms with van der Waals surface area (Å²) >= 11 is 8.11. The van der Waals surface area contributed by atoms with Gasteiger partial charge in [-0.25, -0.2) is 4.99 Å². The van der Waals surface area contributed by atoms with Gasteiger partial charge in [-0.2, -0.15) is 11.8 Å². The van der Waals surface area contributed by atoms with E-state index in [1.54, 1.807) is 17.8 Å². The van der Waals surface area contributed by atoms with Crippen LogP contribution in [0.4, 0.5) is 0 Å². The number of aliphatic imine (C=N–C) groups is 1. The molecular weight excluding hydrogens is 332 g/mol. The van der Waals surface area contributed by atoms with Crippen LogP contribution in [0.1, 0.15) is 31.2 Å². The summed E-state index contributed by atoms with van der Waals surface area (Å²) in [6, 6.07) is 7.17. The average Bonchev–Trinajstić information content (AvgIpc) is 2.53. The summed E-state index contributed by atoms with van der Waals surface area (Å²) in [5.41, 5.74) is 6.09. The molecule has 2 N–H and O–H groups in total. The molecule has 124 valence electrons. The highest BCUT2D eigenvalue weighted by molar-refractivity contribution is 7.98. The number of carbonyl (C=O) groups excluding carboxylic acids is 1. The van der Waals surface area contributed by atoms with Gasteiger partial charge >= 0.3 is 0 Å². The summed E-state index contributed by atoms with van der Waals surface area (Å²) < 4.78 is 5.84. The molecule has 0 radical (unpaired) electrons. The van der Waals surface area contributed by atoms with Crippen molar-refractivity contribution in [3.05, 3.63) is 34.9 Å². The Labute approximate surface area is 145 Å². The van der Waals surface area contributed by atoms with Gasteiger partial charge in [0, 0.05) is 10.6 Å². The third-order valence-corrected chi connectivity index (χ3v) is 5.51. The molecule has 1 saturated carbocycles. The molecule has 3 rings (SSSR count). The summed E-state index contributed by atoms with van der Waals surface area (Å²) in [6.07, 6.45) is 4.64. The van der Waals surface area contributed by atoms with Crippen molar-refractivity contribution in [2.75, 3.05) is 12.0 Å². The summed E-state index contributed by atoms with van der Waals surface area (Å²) in [4.78, 5) is 17.7. The maximum absolute atomic E-state index is 12.9. The van der Waals surface area contributed by atoms with Crippen molar-refractivity contribution in [3.8, 4) is 0 Å². The Bertz CT molecular complexity index is 637. The number of ketones is 1. The number of Topliss-reactive ketones (excluding diaryl/α,β-unsaturated/α-hetero) is 1. The normalized spacial score (nSPS) is 28.0. The third-order valence-electron chi connectivity index (χ3n) is 4.54. The first-order chi connectivity index (χ1) is 11.1. The quantitative estimate of drug-likeness (QED) is 0.884. The fourth-order valence-corrected chi connectivity index (χ4v) is 4.09. The standard InChI is InChI=1S/C17H21ClN2O2S/c1-23-10-8-13(19)16-20-17(11-5-2-3-6-12(11)18)9-4-7-14(22-16)15(17)21/h2-3,5-6,13-14H,4,7-10,19H2,1H3/t13-,14-,17?/m0/s1. The minimum Gasteiger partial charge on any atom is -0.468 e. The summed E-state index contributed by atoms with van der Waals surface area (Å²) in [5.74, 6) is 1.45. The fourth-order valence-electron chi connectivity index (χ4n) is 3.31. The molecule has 0 aromatic heterocycles. The predicted octanol–water partition coefficient (Wildman–Crippen LogP) is 3.17. The molecule has 6 heteroatoms. The van der Waals surface area contributed by atoms with E-state index in [0.717, 1.165) is 30.6 Å². The van der Waals surface area contributed by atoms with Gasteiger partial charge in [0.1, 0.15) is 0 Å². The lowest BCUT2D eigenvalue weighted by molar-refractivity contribution is -0.137. The van der Waals surface area contributed by atoms with Gasteiger partial charge in [0.15, 0.2) is 11.6 Å².